The lowest BCUT2D eigenvalue weighted by molar-refractivity contribution is -0.133. The zero-order valence-corrected chi connectivity index (χ0v) is 14.0. The predicted octanol–water partition coefficient (Wildman–Crippen LogP) is 3.52. The van der Waals surface area contributed by atoms with Crippen LogP contribution in [0.25, 0.3) is 0 Å². The third kappa shape index (κ3) is 2.49. The van der Waals surface area contributed by atoms with Gasteiger partial charge in [-0.15, -0.1) is 0 Å². The second-order valence-electron chi connectivity index (χ2n) is 7.03. The smallest absolute Gasteiger partial charge is 0.226 e. The summed E-state index contributed by atoms with van der Waals surface area (Å²) in [6.07, 6.45) is 4.58. The maximum Gasteiger partial charge on any atom is 0.226 e. The van der Waals surface area contributed by atoms with E-state index in [4.69, 9.17) is 13.9 Å². The van der Waals surface area contributed by atoms with E-state index in [1.165, 1.54) is 0 Å². The van der Waals surface area contributed by atoms with E-state index in [2.05, 4.69) is 6.07 Å². The molecule has 130 valence electrons. The highest BCUT2D eigenvalue weighted by atomic mass is 16.6. The summed E-state index contributed by atoms with van der Waals surface area (Å²) in [6, 6.07) is 9.95. The Kier molecular flexibility index (Phi) is 3.47. The normalized spacial score (nSPS) is 27.4. The lowest BCUT2D eigenvalue weighted by atomic mass is 10.0. The second-order valence-corrected chi connectivity index (χ2v) is 7.03. The van der Waals surface area contributed by atoms with E-state index in [9.17, 15) is 4.79 Å². The number of nitrogens with zero attached hydrogens (tertiary/aromatic N) is 1. The Morgan fingerprint density at radius 3 is 2.92 bits per heavy atom. The molecule has 1 aromatic carbocycles. The van der Waals surface area contributed by atoms with E-state index in [-0.39, 0.29) is 23.8 Å². The van der Waals surface area contributed by atoms with Gasteiger partial charge in [-0.05, 0) is 37.5 Å². The van der Waals surface area contributed by atoms with Crippen molar-refractivity contribution in [2.45, 2.75) is 31.2 Å². The number of carbonyl (C=O) groups is 1. The number of amides is 1. The molecular formula is C20H21NO4. The predicted molar refractivity (Wildman–Crippen MR) is 90.7 cm³/mol. The summed E-state index contributed by atoms with van der Waals surface area (Å²) in [5, 5.41) is 0. The van der Waals surface area contributed by atoms with Crippen LogP contribution in [0.3, 0.4) is 0 Å². The lowest BCUT2D eigenvalue weighted by Gasteiger charge is -2.29. The fourth-order valence-electron chi connectivity index (χ4n) is 4.21. The van der Waals surface area contributed by atoms with Gasteiger partial charge in [0.2, 0.25) is 5.91 Å². The number of likely N-dealkylation sites (tertiary alicyclic amines) is 1. The molecule has 1 aliphatic carbocycles. The molecular weight excluding hydrogens is 318 g/mol. The molecule has 1 saturated carbocycles. The molecule has 3 aliphatic rings. The number of rotatable bonds is 3. The van der Waals surface area contributed by atoms with Crippen LogP contribution in [0.4, 0.5) is 0 Å². The first-order valence-electron chi connectivity index (χ1n) is 9.05. The van der Waals surface area contributed by atoms with Crippen molar-refractivity contribution in [1.29, 1.82) is 0 Å². The van der Waals surface area contributed by atoms with E-state index in [1.54, 1.807) is 6.26 Å². The van der Waals surface area contributed by atoms with Crippen LogP contribution in [-0.2, 0) is 4.79 Å². The molecule has 0 bridgehead atoms. The van der Waals surface area contributed by atoms with Crippen molar-refractivity contribution < 1.29 is 18.7 Å². The van der Waals surface area contributed by atoms with Gasteiger partial charge in [-0.25, -0.2) is 0 Å². The van der Waals surface area contributed by atoms with Gasteiger partial charge in [-0.1, -0.05) is 12.1 Å². The number of para-hydroxylation sites is 1. The molecule has 1 amide bonds. The summed E-state index contributed by atoms with van der Waals surface area (Å²) in [7, 11) is 0. The number of fused-ring (bicyclic) bond motifs is 1. The van der Waals surface area contributed by atoms with Crippen molar-refractivity contribution >= 4 is 5.91 Å². The second kappa shape index (κ2) is 5.83. The highest BCUT2D eigenvalue weighted by Gasteiger charge is 2.49. The van der Waals surface area contributed by atoms with Gasteiger partial charge in [-0.2, -0.15) is 0 Å². The standard InChI is InChI=1S/C20H21NO4/c22-20(15-12-14(15)17-7-3-9-23-17)21-8-2-5-16(21)13-4-1-6-18-19(13)25-11-10-24-18/h1,3-4,6-7,9,14-16H,2,5,8,10-12H2/t14-,15+,16-/m1/s1. The van der Waals surface area contributed by atoms with E-state index < -0.39 is 0 Å². The molecule has 1 aromatic heterocycles. The minimum Gasteiger partial charge on any atom is -0.486 e. The molecule has 3 heterocycles. The first-order valence-corrected chi connectivity index (χ1v) is 9.05. The summed E-state index contributed by atoms with van der Waals surface area (Å²) in [4.78, 5) is 15.1. The van der Waals surface area contributed by atoms with Crippen LogP contribution < -0.4 is 9.47 Å². The molecule has 5 rings (SSSR count). The Bertz CT molecular complexity index is 785. The highest BCUT2D eigenvalue weighted by Crippen LogP contribution is 2.51. The first kappa shape index (κ1) is 14.9. The summed E-state index contributed by atoms with van der Waals surface area (Å²) >= 11 is 0. The average Bonchev–Trinajstić information content (AvgIpc) is 3.07. The molecule has 5 heteroatoms. The van der Waals surface area contributed by atoms with Gasteiger partial charge in [-0.3, -0.25) is 4.79 Å². The van der Waals surface area contributed by atoms with Crippen LogP contribution in [-0.4, -0.2) is 30.6 Å². The highest BCUT2D eigenvalue weighted by molar-refractivity contribution is 5.83. The largest absolute Gasteiger partial charge is 0.486 e. The van der Waals surface area contributed by atoms with Crippen molar-refractivity contribution in [2.24, 2.45) is 5.92 Å². The number of hydrogen-bond donors (Lipinski definition) is 0. The molecule has 25 heavy (non-hydrogen) atoms. The molecule has 2 aromatic rings. The van der Waals surface area contributed by atoms with Crippen LogP contribution in [0.5, 0.6) is 11.5 Å². The molecule has 3 atom stereocenters. The van der Waals surface area contributed by atoms with Gasteiger partial charge in [0.25, 0.3) is 0 Å². The van der Waals surface area contributed by atoms with E-state index in [0.717, 1.165) is 48.6 Å². The Morgan fingerprint density at radius 1 is 1.12 bits per heavy atom. The number of ether oxygens (including phenoxy) is 2. The Balaban J connectivity index is 1.39. The van der Waals surface area contributed by atoms with Crippen LogP contribution in [0.1, 0.15) is 42.5 Å². The van der Waals surface area contributed by atoms with Gasteiger partial charge < -0.3 is 18.8 Å². The fourth-order valence-corrected chi connectivity index (χ4v) is 4.21. The van der Waals surface area contributed by atoms with Crippen molar-refractivity contribution in [3.8, 4) is 11.5 Å². The summed E-state index contributed by atoms with van der Waals surface area (Å²) in [6.45, 7) is 1.96. The Hall–Kier alpha value is -2.43. The van der Waals surface area contributed by atoms with Gasteiger partial charge >= 0.3 is 0 Å². The zero-order chi connectivity index (χ0) is 16.8. The first-order chi connectivity index (χ1) is 12.3. The molecule has 0 radical (unpaired) electrons. The molecule has 2 aliphatic heterocycles. The van der Waals surface area contributed by atoms with Crippen molar-refractivity contribution in [2.75, 3.05) is 19.8 Å². The maximum atomic E-state index is 13.1. The van der Waals surface area contributed by atoms with E-state index in [0.29, 0.717) is 13.2 Å². The van der Waals surface area contributed by atoms with Gasteiger partial charge in [0.05, 0.1) is 12.3 Å². The minimum absolute atomic E-state index is 0.0588. The van der Waals surface area contributed by atoms with Crippen molar-refractivity contribution in [3.63, 3.8) is 0 Å². The zero-order valence-electron chi connectivity index (χ0n) is 14.0. The number of hydrogen-bond acceptors (Lipinski definition) is 4. The van der Waals surface area contributed by atoms with Crippen molar-refractivity contribution in [3.05, 3.63) is 47.9 Å². The molecule has 5 nitrogen and oxygen atoms in total. The lowest BCUT2D eigenvalue weighted by Crippen LogP contribution is -2.32. The summed E-state index contributed by atoms with van der Waals surface area (Å²) < 4.78 is 17.1. The van der Waals surface area contributed by atoms with Gasteiger partial charge in [0.1, 0.15) is 19.0 Å². The number of furan rings is 1. The van der Waals surface area contributed by atoms with Crippen LogP contribution in [0.15, 0.2) is 41.0 Å². The molecule has 0 N–H and O–H groups in total. The SMILES string of the molecule is O=C([C@H]1C[C@H]1c1ccco1)N1CCC[C@@H]1c1cccc2c1OCCO2. The Morgan fingerprint density at radius 2 is 2.04 bits per heavy atom. The molecule has 2 fully saturated rings. The van der Waals surface area contributed by atoms with Crippen LogP contribution >= 0.6 is 0 Å². The number of benzene rings is 1. The monoisotopic (exact) mass is 339 g/mol. The van der Waals surface area contributed by atoms with Crippen LogP contribution in [0, 0.1) is 5.92 Å². The van der Waals surface area contributed by atoms with Gasteiger partial charge in [0.15, 0.2) is 11.5 Å². The quantitative estimate of drug-likeness (QED) is 0.858. The molecule has 1 saturated heterocycles. The summed E-state index contributed by atoms with van der Waals surface area (Å²) in [5.74, 6) is 3.09. The Labute approximate surface area is 146 Å². The third-order valence-corrected chi connectivity index (χ3v) is 5.51. The maximum absolute atomic E-state index is 13.1. The van der Waals surface area contributed by atoms with Crippen LogP contribution in [0.2, 0.25) is 0 Å². The van der Waals surface area contributed by atoms with Crippen molar-refractivity contribution in [1.82, 2.24) is 4.90 Å². The van der Waals surface area contributed by atoms with E-state index in [1.807, 2.05) is 29.2 Å². The average molecular weight is 339 g/mol. The fraction of sp³-hybridized carbons (Fsp3) is 0.450. The van der Waals surface area contributed by atoms with Gasteiger partial charge in [0, 0.05) is 23.9 Å². The third-order valence-electron chi connectivity index (χ3n) is 5.51. The molecule has 0 spiro atoms. The molecule has 0 unspecified atom stereocenters. The topological polar surface area (TPSA) is 51.9 Å². The van der Waals surface area contributed by atoms with E-state index >= 15 is 0 Å². The minimum atomic E-state index is 0.0588. The summed E-state index contributed by atoms with van der Waals surface area (Å²) in [5.41, 5.74) is 1.08. The number of carbonyl (C=O) groups excluding carboxylic acids is 1.